The minimum absolute atomic E-state index is 0.207. The Morgan fingerprint density at radius 2 is 1.93 bits per heavy atom. The zero-order valence-electron chi connectivity index (χ0n) is 17.4. The van der Waals surface area contributed by atoms with Gasteiger partial charge in [-0.3, -0.25) is 4.90 Å². The molecule has 30 heavy (non-hydrogen) atoms. The number of benzene rings is 1. The molecule has 10 heteroatoms. The number of likely N-dealkylation sites (tertiary alicyclic amines) is 1. The number of halogens is 1. The van der Waals surface area contributed by atoms with Gasteiger partial charge in [0.1, 0.15) is 5.82 Å². The van der Waals surface area contributed by atoms with E-state index in [1.807, 2.05) is 0 Å². The van der Waals surface area contributed by atoms with Gasteiger partial charge in [0.25, 0.3) is 0 Å². The summed E-state index contributed by atoms with van der Waals surface area (Å²) in [6, 6.07) is 5.53. The topological polar surface area (TPSA) is 82.2 Å². The number of urea groups is 1. The summed E-state index contributed by atoms with van der Waals surface area (Å²) >= 11 is 0. The average Bonchev–Trinajstić information content (AvgIpc) is 3.20. The van der Waals surface area contributed by atoms with E-state index >= 15 is 0 Å². The second-order valence-electron chi connectivity index (χ2n) is 7.85. The summed E-state index contributed by atoms with van der Waals surface area (Å²) in [5.41, 5.74) is 0.807. The van der Waals surface area contributed by atoms with Crippen LogP contribution in [0.1, 0.15) is 18.4 Å². The van der Waals surface area contributed by atoms with Gasteiger partial charge in [-0.15, -0.1) is 0 Å². The van der Waals surface area contributed by atoms with E-state index in [-0.39, 0.29) is 17.9 Å². The van der Waals surface area contributed by atoms with E-state index in [2.05, 4.69) is 10.2 Å². The van der Waals surface area contributed by atoms with Gasteiger partial charge in [0.2, 0.25) is 10.0 Å². The SMILES string of the molecule is CS(=O)(=O)N(CCCN1CCOCC1)C1CCN(C(=O)NCc2ccc(F)cc2)C1. The maximum Gasteiger partial charge on any atom is 0.317 e. The summed E-state index contributed by atoms with van der Waals surface area (Å²) in [5, 5.41) is 2.82. The fraction of sp³-hybridized carbons (Fsp3) is 0.650. The molecule has 2 amide bonds. The van der Waals surface area contributed by atoms with Crippen LogP contribution >= 0.6 is 0 Å². The molecule has 1 N–H and O–H groups in total. The zero-order valence-corrected chi connectivity index (χ0v) is 18.2. The Morgan fingerprint density at radius 3 is 2.60 bits per heavy atom. The molecule has 1 aromatic carbocycles. The fourth-order valence-corrected chi connectivity index (χ4v) is 5.12. The number of amides is 2. The van der Waals surface area contributed by atoms with Crippen LogP contribution in [0.4, 0.5) is 9.18 Å². The molecule has 0 aliphatic carbocycles. The van der Waals surface area contributed by atoms with E-state index < -0.39 is 10.0 Å². The smallest absolute Gasteiger partial charge is 0.317 e. The minimum atomic E-state index is -3.36. The lowest BCUT2D eigenvalue weighted by molar-refractivity contribution is 0.0366. The van der Waals surface area contributed by atoms with Crippen molar-refractivity contribution >= 4 is 16.1 Å². The first kappa shape index (κ1) is 22.9. The molecular weight excluding hydrogens is 411 g/mol. The fourth-order valence-electron chi connectivity index (χ4n) is 3.95. The van der Waals surface area contributed by atoms with Gasteiger partial charge < -0.3 is 15.0 Å². The highest BCUT2D eigenvalue weighted by Gasteiger charge is 2.34. The number of morpholine rings is 1. The van der Waals surface area contributed by atoms with Crippen molar-refractivity contribution in [2.75, 3.05) is 58.7 Å². The first-order valence-corrected chi connectivity index (χ1v) is 12.2. The molecule has 2 heterocycles. The van der Waals surface area contributed by atoms with Crippen molar-refractivity contribution in [2.45, 2.75) is 25.4 Å². The van der Waals surface area contributed by atoms with Crippen molar-refractivity contribution in [1.82, 2.24) is 19.4 Å². The molecule has 0 spiro atoms. The van der Waals surface area contributed by atoms with Gasteiger partial charge in [-0.1, -0.05) is 12.1 Å². The number of nitrogens with zero attached hydrogens (tertiary/aromatic N) is 3. The first-order valence-electron chi connectivity index (χ1n) is 10.4. The second kappa shape index (κ2) is 10.5. The first-order chi connectivity index (χ1) is 14.3. The lowest BCUT2D eigenvalue weighted by Crippen LogP contribution is -2.45. The molecule has 0 radical (unpaired) electrons. The summed E-state index contributed by atoms with van der Waals surface area (Å²) in [6.45, 7) is 5.68. The van der Waals surface area contributed by atoms with E-state index in [9.17, 15) is 17.6 Å². The number of hydrogen-bond acceptors (Lipinski definition) is 5. The normalized spacial score (nSPS) is 20.6. The summed E-state index contributed by atoms with van der Waals surface area (Å²) in [5.74, 6) is -0.318. The molecule has 8 nitrogen and oxygen atoms in total. The number of carbonyl (C=O) groups is 1. The van der Waals surface area contributed by atoms with Crippen molar-refractivity contribution in [3.63, 3.8) is 0 Å². The number of rotatable bonds is 8. The Labute approximate surface area is 178 Å². The molecule has 1 atom stereocenters. The third kappa shape index (κ3) is 6.63. The van der Waals surface area contributed by atoms with Crippen molar-refractivity contribution in [1.29, 1.82) is 0 Å². The molecule has 168 valence electrons. The molecule has 3 rings (SSSR count). The van der Waals surface area contributed by atoms with Crippen LogP contribution in [0.15, 0.2) is 24.3 Å². The Kier molecular flexibility index (Phi) is 8.04. The molecular formula is C20H31FN4O4S. The van der Waals surface area contributed by atoms with E-state index in [1.54, 1.807) is 21.3 Å². The standard InChI is InChI=1S/C20H31FN4O4S/c1-30(27,28)25(9-2-8-23-11-13-29-14-12-23)19-7-10-24(16-19)20(26)22-15-17-3-5-18(21)6-4-17/h3-6,19H,2,7-16H2,1H3,(H,22,26). The molecule has 2 aliphatic rings. The quantitative estimate of drug-likeness (QED) is 0.652. The number of carbonyl (C=O) groups excluding carboxylic acids is 1. The number of ether oxygens (including phenoxy) is 1. The zero-order chi connectivity index (χ0) is 21.6. The van der Waals surface area contributed by atoms with Gasteiger partial charge in [-0.25, -0.2) is 17.6 Å². The molecule has 0 aromatic heterocycles. The third-order valence-corrected chi connectivity index (χ3v) is 6.93. The van der Waals surface area contributed by atoms with Crippen LogP contribution in [0, 0.1) is 5.82 Å². The molecule has 1 unspecified atom stereocenters. The number of nitrogens with one attached hydrogen (secondary N) is 1. The van der Waals surface area contributed by atoms with Gasteiger partial charge in [-0.2, -0.15) is 4.31 Å². The Hall–Kier alpha value is -1.75. The molecule has 0 bridgehead atoms. The van der Waals surface area contributed by atoms with Crippen LogP contribution in [0.3, 0.4) is 0 Å². The largest absolute Gasteiger partial charge is 0.379 e. The van der Waals surface area contributed by atoms with Gasteiger partial charge in [0.05, 0.1) is 19.5 Å². The van der Waals surface area contributed by atoms with Crippen LogP contribution in [0.25, 0.3) is 0 Å². The second-order valence-corrected chi connectivity index (χ2v) is 9.79. The van der Waals surface area contributed by atoms with E-state index in [0.29, 0.717) is 32.6 Å². The summed E-state index contributed by atoms with van der Waals surface area (Å²) < 4.78 is 44.6. The maximum atomic E-state index is 13.0. The van der Waals surface area contributed by atoms with Gasteiger partial charge in [0, 0.05) is 45.3 Å². The lowest BCUT2D eigenvalue weighted by Gasteiger charge is -2.30. The van der Waals surface area contributed by atoms with Crippen LogP contribution in [-0.2, 0) is 21.3 Å². The van der Waals surface area contributed by atoms with E-state index in [1.165, 1.54) is 18.4 Å². The maximum absolute atomic E-state index is 13.0. The Morgan fingerprint density at radius 1 is 1.23 bits per heavy atom. The summed E-state index contributed by atoms with van der Waals surface area (Å²) in [4.78, 5) is 16.4. The number of sulfonamides is 1. The van der Waals surface area contributed by atoms with E-state index in [4.69, 9.17) is 4.74 Å². The molecule has 2 fully saturated rings. The Bertz CT molecular complexity index is 800. The summed E-state index contributed by atoms with van der Waals surface area (Å²) in [6.07, 6.45) is 2.61. The highest BCUT2D eigenvalue weighted by atomic mass is 32.2. The van der Waals surface area contributed by atoms with Crippen molar-refractivity contribution in [3.8, 4) is 0 Å². The highest BCUT2D eigenvalue weighted by Crippen LogP contribution is 2.19. The summed E-state index contributed by atoms with van der Waals surface area (Å²) in [7, 11) is -3.36. The van der Waals surface area contributed by atoms with Gasteiger partial charge in [0.15, 0.2) is 0 Å². The van der Waals surface area contributed by atoms with E-state index in [0.717, 1.165) is 44.8 Å². The molecule has 1 aromatic rings. The number of hydrogen-bond donors (Lipinski definition) is 1. The van der Waals surface area contributed by atoms with Crippen LogP contribution in [0.5, 0.6) is 0 Å². The van der Waals surface area contributed by atoms with Crippen LogP contribution < -0.4 is 5.32 Å². The van der Waals surface area contributed by atoms with Crippen molar-refractivity contribution in [2.24, 2.45) is 0 Å². The van der Waals surface area contributed by atoms with Crippen molar-refractivity contribution < 1.29 is 22.3 Å². The predicted octanol–water partition coefficient (Wildman–Crippen LogP) is 1.09. The van der Waals surface area contributed by atoms with Crippen molar-refractivity contribution in [3.05, 3.63) is 35.6 Å². The Balaban J connectivity index is 1.48. The molecule has 0 saturated carbocycles. The average molecular weight is 443 g/mol. The van der Waals surface area contributed by atoms with Gasteiger partial charge in [-0.05, 0) is 37.1 Å². The molecule has 2 saturated heterocycles. The third-order valence-electron chi connectivity index (χ3n) is 5.60. The van der Waals surface area contributed by atoms with Crippen LogP contribution in [0.2, 0.25) is 0 Å². The molecule has 2 aliphatic heterocycles. The lowest BCUT2D eigenvalue weighted by atomic mass is 10.2. The highest BCUT2D eigenvalue weighted by molar-refractivity contribution is 7.88. The van der Waals surface area contributed by atoms with Crippen LogP contribution in [-0.4, -0.2) is 93.3 Å². The minimum Gasteiger partial charge on any atom is -0.379 e. The predicted molar refractivity (Wildman–Crippen MR) is 112 cm³/mol. The van der Waals surface area contributed by atoms with Gasteiger partial charge >= 0.3 is 6.03 Å². The monoisotopic (exact) mass is 442 g/mol.